The van der Waals surface area contributed by atoms with E-state index in [0.29, 0.717) is 10.0 Å². The summed E-state index contributed by atoms with van der Waals surface area (Å²) in [6.45, 7) is 4.54. The Bertz CT molecular complexity index is 325. The number of halogens is 2. The minimum absolute atomic E-state index is 0.683. The molecule has 0 bridgehead atoms. The maximum Gasteiger partial charge on any atom is 0.0424 e. The van der Waals surface area contributed by atoms with E-state index in [4.69, 9.17) is 28.9 Å². The Balaban J connectivity index is 2.07. The lowest BCUT2D eigenvalue weighted by atomic mass is 10.2. The van der Waals surface area contributed by atoms with E-state index in [0.717, 1.165) is 51.1 Å². The van der Waals surface area contributed by atoms with Crippen LogP contribution < -0.4 is 16.4 Å². The minimum Gasteiger partial charge on any atom is -0.330 e. The molecule has 0 heterocycles. The van der Waals surface area contributed by atoms with Gasteiger partial charge in [-0.1, -0.05) is 23.2 Å². The van der Waals surface area contributed by atoms with Crippen molar-refractivity contribution in [3.8, 4) is 0 Å². The molecule has 0 radical (unpaired) electrons. The highest BCUT2D eigenvalue weighted by atomic mass is 35.5. The molecular formula is C13H21Cl2N3. The van der Waals surface area contributed by atoms with Crippen molar-refractivity contribution in [3.05, 3.63) is 33.8 Å². The van der Waals surface area contributed by atoms with Crippen molar-refractivity contribution >= 4 is 23.2 Å². The second kappa shape index (κ2) is 9.59. The first kappa shape index (κ1) is 15.7. The zero-order chi connectivity index (χ0) is 13.2. The van der Waals surface area contributed by atoms with E-state index in [1.807, 2.05) is 12.1 Å². The fraction of sp³-hybridized carbons (Fsp3) is 0.538. The predicted octanol–water partition coefficient (Wildman–Crippen LogP) is 2.41. The summed E-state index contributed by atoms with van der Waals surface area (Å²) >= 11 is 11.9. The molecule has 0 aliphatic heterocycles. The van der Waals surface area contributed by atoms with Gasteiger partial charge < -0.3 is 16.4 Å². The Morgan fingerprint density at radius 1 is 0.889 bits per heavy atom. The van der Waals surface area contributed by atoms with Crippen LogP contribution in [0.25, 0.3) is 0 Å². The third kappa shape index (κ3) is 7.19. The molecule has 5 heteroatoms. The normalized spacial score (nSPS) is 10.8. The Morgan fingerprint density at radius 2 is 1.50 bits per heavy atom. The average molecular weight is 290 g/mol. The van der Waals surface area contributed by atoms with Crippen LogP contribution in [0, 0.1) is 0 Å². The summed E-state index contributed by atoms with van der Waals surface area (Å²) in [5.41, 5.74) is 6.52. The molecule has 0 spiro atoms. The van der Waals surface area contributed by atoms with E-state index in [2.05, 4.69) is 10.6 Å². The summed E-state index contributed by atoms with van der Waals surface area (Å²) in [6, 6.07) is 5.61. The van der Waals surface area contributed by atoms with Crippen molar-refractivity contribution in [1.29, 1.82) is 0 Å². The van der Waals surface area contributed by atoms with Gasteiger partial charge >= 0.3 is 0 Å². The Morgan fingerprint density at radius 3 is 2.17 bits per heavy atom. The lowest BCUT2D eigenvalue weighted by Gasteiger charge is -2.07. The molecular weight excluding hydrogens is 269 g/mol. The first-order valence-corrected chi connectivity index (χ1v) is 7.04. The Kier molecular flexibility index (Phi) is 8.38. The quantitative estimate of drug-likeness (QED) is 0.612. The van der Waals surface area contributed by atoms with Gasteiger partial charge in [0.2, 0.25) is 0 Å². The van der Waals surface area contributed by atoms with Gasteiger partial charge in [0.25, 0.3) is 0 Å². The van der Waals surface area contributed by atoms with Crippen molar-refractivity contribution in [2.75, 3.05) is 26.2 Å². The Hall–Kier alpha value is -0.320. The van der Waals surface area contributed by atoms with E-state index in [-0.39, 0.29) is 0 Å². The van der Waals surface area contributed by atoms with E-state index < -0.39 is 0 Å². The molecule has 3 nitrogen and oxygen atoms in total. The second-order valence-electron chi connectivity index (χ2n) is 4.20. The van der Waals surface area contributed by atoms with Gasteiger partial charge in [-0.3, -0.25) is 0 Å². The number of nitrogens with one attached hydrogen (secondary N) is 2. The molecule has 0 unspecified atom stereocenters. The van der Waals surface area contributed by atoms with Crippen molar-refractivity contribution in [3.63, 3.8) is 0 Å². The standard InChI is InChI=1S/C13H21Cl2N3/c14-12-7-11(8-13(15)9-12)10-18-6-2-5-17-4-1-3-16/h7-9,17-18H,1-6,10,16H2. The van der Waals surface area contributed by atoms with Crippen LogP contribution in [-0.4, -0.2) is 26.2 Å². The maximum atomic E-state index is 5.93. The van der Waals surface area contributed by atoms with Crippen LogP contribution in [0.3, 0.4) is 0 Å². The van der Waals surface area contributed by atoms with Gasteiger partial charge in [-0.2, -0.15) is 0 Å². The van der Waals surface area contributed by atoms with Crippen LogP contribution >= 0.6 is 23.2 Å². The summed E-state index contributed by atoms with van der Waals surface area (Å²) in [5, 5.41) is 8.07. The first-order valence-electron chi connectivity index (χ1n) is 6.29. The zero-order valence-electron chi connectivity index (χ0n) is 10.5. The third-order valence-corrected chi connectivity index (χ3v) is 2.95. The lowest BCUT2D eigenvalue weighted by Crippen LogP contribution is -2.23. The van der Waals surface area contributed by atoms with Gasteiger partial charge in [0.05, 0.1) is 0 Å². The molecule has 0 saturated carbocycles. The topological polar surface area (TPSA) is 50.1 Å². The fourth-order valence-electron chi connectivity index (χ4n) is 1.64. The number of nitrogens with two attached hydrogens (primary N) is 1. The molecule has 0 saturated heterocycles. The van der Waals surface area contributed by atoms with Gasteiger partial charge in [-0.05, 0) is 62.8 Å². The van der Waals surface area contributed by atoms with E-state index in [9.17, 15) is 0 Å². The monoisotopic (exact) mass is 289 g/mol. The van der Waals surface area contributed by atoms with Gasteiger partial charge in [0.1, 0.15) is 0 Å². The molecule has 1 aromatic rings. The fourth-order valence-corrected chi connectivity index (χ4v) is 2.21. The molecule has 0 amide bonds. The van der Waals surface area contributed by atoms with Gasteiger partial charge in [0, 0.05) is 16.6 Å². The maximum absolute atomic E-state index is 5.93. The average Bonchev–Trinajstić information content (AvgIpc) is 2.31. The van der Waals surface area contributed by atoms with Crippen LogP contribution in [-0.2, 0) is 6.54 Å². The SMILES string of the molecule is NCCCNCCCNCc1cc(Cl)cc(Cl)c1. The largest absolute Gasteiger partial charge is 0.330 e. The van der Waals surface area contributed by atoms with E-state index in [1.54, 1.807) is 6.07 Å². The molecule has 0 aromatic heterocycles. The second-order valence-corrected chi connectivity index (χ2v) is 5.07. The smallest absolute Gasteiger partial charge is 0.0424 e. The van der Waals surface area contributed by atoms with Crippen molar-refractivity contribution in [2.45, 2.75) is 19.4 Å². The summed E-state index contributed by atoms with van der Waals surface area (Å²) in [6.07, 6.45) is 2.13. The minimum atomic E-state index is 0.683. The molecule has 1 aromatic carbocycles. The summed E-state index contributed by atoms with van der Waals surface area (Å²) in [7, 11) is 0. The van der Waals surface area contributed by atoms with Gasteiger partial charge in [-0.25, -0.2) is 0 Å². The zero-order valence-corrected chi connectivity index (χ0v) is 12.0. The highest BCUT2D eigenvalue weighted by Gasteiger charge is 1.97. The summed E-state index contributed by atoms with van der Waals surface area (Å²) < 4.78 is 0. The van der Waals surface area contributed by atoms with Gasteiger partial charge in [0.15, 0.2) is 0 Å². The number of hydrogen-bond donors (Lipinski definition) is 3. The van der Waals surface area contributed by atoms with E-state index in [1.165, 1.54) is 0 Å². The van der Waals surface area contributed by atoms with Crippen molar-refractivity contribution < 1.29 is 0 Å². The first-order chi connectivity index (χ1) is 8.72. The van der Waals surface area contributed by atoms with Crippen LogP contribution in [0.4, 0.5) is 0 Å². The Labute approximate surface area is 119 Å². The molecule has 18 heavy (non-hydrogen) atoms. The number of benzene rings is 1. The molecule has 0 aliphatic carbocycles. The highest BCUT2D eigenvalue weighted by Crippen LogP contribution is 2.18. The highest BCUT2D eigenvalue weighted by molar-refractivity contribution is 6.34. The molecule has 0 fully saturated rings. The summed E-state index contributed by atoms with van der Waals surface area (Å²) in [5.74, 6) is 0. The number of rotatable bonds is 9. The van der Waals surface area contributed by atoms with E-state index >= 15 is 0 Å². The van der Waals surface area contributed by atoms with Crippen LogP contribution in [0.2, 0.25) is 10.0 Å². The molecule has 1 rings (SSSR count). The molecule has 0 atom stereocenters. The lowest BCUT2D eigenvalue weighted by molar-refractivity contribution is 0.586. The molecule has 0 aliphatic rings. The van der Waals surface area contributed by atoms with Crippen LogP contribution in [0.15, 0.2) is 18.2 Å². The summed E-state index contributed by atoms with van der Waals surface area (Å²) in [4.78, 5) is 0. The predicted molar refractivity (Wildman–Crippen MR) is 79.3 cm³/mol. The van der Waals surface area contributed by atoms with Crippen molar-refractivity contribution in [2.24, 2.45) is 5.73 Å². The molecule has 102 valence electrons. The number of hydrogen-bond acceptors (Lipinski definition) is 3. The third-order valence-electron chi connectivity index (χ3n) is 2.52. The van der Waals surface area contributed by atoms with Crippen LogP contribution in [0.1, 0.15) is 18.4 Å². The van der Waals surface area contributed by atoms with Crippen LogP contribution in [0.5, 0.6) is 0 Å². The molecule has 4 N–H and O–H groups in total. The van der Waals surface area contributed by atoms with Gasteiger partial charge in [-0.15, -0.1) is 0 Å². The van der Waals surface area contributed by atoms with Crippen molar-refractivity contribution in [1.82, 2.24) is 10.6 Å².